The van der Waals surface area contributed by atoms with Crippen molar-refractivity contribution < 1.29 is 41.2 Å². The van der Waals surface area contributed by atoms with Gasteiger partial charge in [0.2, 0.25) is 0 Å². The van der Waals surface area contributed by atoms with E-state index in [4.69, 9.17) is 20.7 Å². The molecule has 0 aliphatic rings. The van der Waals surface area contributed by atoms with Gasteiger partial charge in [0, 0.05) is 0 Å². The van der Waals surface area contributed by atoms with Crippen LogP contribution in [0.5, 0.6) is 0 Å². The van der Waals surface area contributed by atoms with Crippen LogP contribution in [0, 0.1) is 23.0 Å². The molecule has 2 N–H and O–H groups in total. The minimum Gasteiger partial charge on any atom is -1.00 e. The van der Waals surface area contributed by atoms with E-state index in [2.05, 4.69) is 0 Å². The number of hydrogen-bond donors (Lipinski definition) is 2. The van der Waals surface area contributed by atoms with E-state index in [1.54, 1.807) is 0 Å². The van der Waals surface area contributed by atoms with Crippen LogP contribution in [0.2, 0.25) is 0 Å². The quantitative estimate of drug-likeness (QED) is 0.254. The van der Waals surface area contributed by atoms with Gasteiger partial charge in [-0.3, -0.25) is 0 Å². The first kappa shape index (κ1) is 16.0. The molecular weight excluding hydrogens is 107 g/mol. The summed E-state index contributed by atoms with van der Waals surface area (Å²) in [5.74, 6) is 0. The standard InChI is InChI=1S/2CHNO.Na.H/c2*2-1-3;;/h2*3H;;/q;;+1;-1. The first-order valence-electron chi connectivity index (χ1n) is 0.894. The molecule has 0 aliphatic heterocycles. The van der Waals surface area contributed by atoms with Crippen molar-refractivity contribution in [2.75, 3.05) is 0 Å². The molecule has 0 aromatic heterocycles. The monoisotopic (exact) mass is 110 g/mol. The average Bonchev–Trinajstić information content (AvgIpc) is 1.39. The van der Waals surface area contributed by atoms with Crippen molar-refractivity contribution in [3.05, 3.63) is 0 Å². The first-order chi connectivity index (χ1) is 2.83. The maximum atomic E-state index is 6.88. The van der Waals surface area contributed by atoms with Gasteiger partial charge in [-0.15, -0.1) is 0 Å². The molecule has 0 unspecified atom stereocenters. The van der Waals surface area contributed by atoms with E-state index in [0.717, 1.165) is 12.5 Å². The van der Waals surface area contributed by atoms with E-state index in [0.29, 0.717) is 0 Å². The van der Waals surface area contributed by atoms with Gasteiger partial charge < -0.3 is 11.6 Å². The Labute approximate surface area is 64.4 Å². The maximum Gasteiger partial charge on any atom is 1.00 e. The van der Waals surface area contributed by atoms with Gasteiger partial charge in [0.05, 0.1) is 0 Å². The van der Waals surface area contributed by atoms with Crippen LogP contribution in [0.3, 0.4) is 0 Å². The predicted molar refractivity (Wildman–Crippen MR) is 16.2 cm³/mol. The van der Waals surface area contributed by atoms with E-state index >= 15 is 0 Å². The summed E-state index contributed by atoms with van der Waals surface area (Å²) in [7, 11) is 0. The second-order valence-electron chi connectivity index (χ2n) is 0.200. The number of aliphatic hydroxyl groups is 2. The van der Waals surface area contributed by atoms with E-state index < -0.39 is 0 Å². The third-order valence-corrected chi connectivity index (χ3v) is 0. The molecule has 0 fully saturated rings. The zero-order chi connectivity index (χ0) is 5.41. The summed E-state index contributed by atoms with van der Waals surface area (Å²) in [6, 6.07) is 0. The molecule has 0 aliphatic carbocycles. The number of aliphatic hydroxyl groups excluding tert-OH is 2. The second kappa shape index (κ2) is 46.9. The molecular formula is C2H3N2NaO2. The van der Waals surface area contributed by atoms with Crippen LogP contribution in [0.1, 0.15) is 1.43 Å². The Kier molecular flexibility index (Phi) is 107. The van der Waals surface area contributed by atoms with Crippen molar-refractivity contribution >= 4 is 0 Å². The van der Waals surface area contributed by atoms with Crippen molar-refractivity contribution in [3.8, 4) is 12.5 Å². The molecule has 0 radical (unpaired) electrons. The largest absolute Gasteiger partial charge is 1.00 e. The zero-order valence-corrected chi connectivity index (χ0v) is 5.79. The average molecular weight is 110 g/mol. The van der Waals surface area contributed by atoms with Gasteiger partial charge in [-0.2, -0.15) is 10.5 Å². The third-order valence-electron chi connectivity index (χ3n) is 0. The molecule has 5 heteroatoms. The van der Waals surface area contributed by atoms with Crippen LogP contribution < -0.4 is 29.6 Å². The summed E-state index contributed by atoms with van der Waals surface area (Å²) in [6.07, 6.45) is 1.50. The summed E-state index contributed by atoms with van der Waals surface area (Å²) in [6.45, 7) is 0. The fourth-order valence-corrected chi connectivity index (χ4v) is 0. The van der Waals surface area contributed by atoms with Crippen LogP contribution in [0.25, 0.3) is 0 Å². The minimum absolute atomic E-state index is 0. The number of rotatable bonds is 0. The second-order valence-corrected chi connectivity index (χ2v) is 0.200. The van der Waals surface area contributed by atoms with E-state index in [1.165, 1.54) is 0 Å². The molecule has 0 heterocycles. The Balaban J connectivity index is -0.0000000160. The first-order valence-corrected chi connectivity index (χ1v) is 0.894. The molecule has 0 saturated carbocycles. The topological polar surface area (TPSA) is 88.0 Å². The fraction of sp³-hybridized carbons (Fsp3) is 0. The van der Waals surface area contributed by atoms with Gasteiger partial charge in [0.15, 0.2) is 0 Å². The number of nitriles is 2. The van der Waals surface area contributed by atoms with Crippen molar-refractivity contribution in [2.45, 2.75) is 0 Å². The summed E-state index contributed by atoms with van der Waals surface area (Å²) in [5.41, 5.74) is 0. The van der Waals surface area contributed by atoms with Crippen LogP contribution in [0.15, 0.2) is 0 Å². The molecule has 7 heavy (non-hydrogen) atoms. The summed E-state index contributed by atoms with van der Waals surface area (Å²) < 4.78 is 0. The Morgan fingerprint density at radius 2 is 1.14 bits per heavy atom. The summed E-state index contributed by atoms with van der Waals surface area (Å²) in [4.78, 5) is 0. The molecule has 34 valence electrons. The molecule has 0 spiro atoms. The van der Waals surface area contributed by atoms with Gasteiger partial charge in [0.25, 0.3) is 12.5 Å². The van der Waals surface area contributed by atoms with Crippen molar-refractivity contribution in [1.82, 2.24) is 0 Å². The Morgan fingerprint density at radius 3 is 1.14 bits per heavy atom. The zero-order valence-electron chi connectivity index (χ0n) is 4.79. The Bertz CT molecular complexity index is 73.0. The molecule has 0 aromatic rings. The van der Waals surface area contributed by atoms with Gasteiger partial charge >= 0.3 is 29.6 Å². The molecule has 0 saturated heterocycles. The number of hydrogen-bond acceptors (Lipinski definition) is 4. The van der Waals surface area contributed by atoms with E-state index in [-0.39, 0.29) is 31.0 Å². The molecule has 0 atom stereocenters. The number of nitrogens with zero attached hydrogens (tertiary/aromatic N) is 2. The van der Waals surface area contributed by atoms with E-state index in [1.807, 2.05) is 0 Å². The van der Waals surface area contributed by atoms with Crippen LogP contribution in [0.4, 0.5) is 0 Å². The van der Waals surface area contributed by atoms with Gasteiger partial charge in [-0.1, -0.05) is 0 Å². The summed E-state index contributed by atoms with van der Waals surface area (Å²) >= 11 is 0. The van der Waals surface area contributed by atoms with Gasteiger partial charge in [-0.05, 0) is 0 Å². The van der Waals surface area contributed by atoms with Crippen molar-refractivity contribution in [1.29, 1.82) is 10.5 Å². The Hall–Kier alpha value is -0.420. The van der Waals surface area contributed by atoms with Crippen LogP contribution >= 0.6 is 0 Å². The van der Waals surface area contributed by atoms with Gasteiger partial charge in [-0.25, -0.2) is 0 Å². The minimum atomic E-state index is 0. The van der Waals surface area contributed by atoms with E-state index in [9.17, 15) is 0 Å². The third kappa shape index (κ3) is 405. The molecule has 0 rings (SSSR count). The molecule has 0 bridgehead atoms. The Morgan fingerprint density at radius 1 is 1.14 bits per heavy atom. The SMILES string of the molecule is N#CO.N#CO.[H-].[Na+]. The summed E-state index contributed by atoms with van der Waals surface area (Å²) in [5, 5.41) is 27.5. The van der Waals surface area contributed by atoms with Crippen molar-refractivity contribution in [2.24, 2.45) is 0 Å². The predicted octanol–water partition coefficient (Wildman–Crippen LogP) is -3.20. The van der Waals surface area contributed by atoms with Gasteiger partial charge in [0.1, 0.15) is 0 Å². The van der Waals surface area contributed by atoms with Crippen molar-refractivity contribution in [3.63, 3.8) is 0 Å². The maximum absolute atomic E-state index is 6.88. The normalized spacial score (nSPS) is 2.00. The van der Waals surface area contributed by atoms with Crippen LogP contribution in [-0.4, -0.2) is 10.2 Å². The van der Waals surface area contributed by atoms with Crippen LogP contribution in [-0.2, 0) is 0 Å². The molecule has 0 aromatic carbocycles. The smallest absolute Gasteiger partial charge is 1.00 e. The molecule has 0 amide bonds. The molecule has 4 nitrogen and oxygen atoms in total. The fourth-order valence-electron chi connectivity index (χ4n) is 0.